The van der Waals surface area contributed by atoms with Crippen LogP contribution in [0, 0.1) is 6.92 Å². The lowest BCUT2D eigenvalue weighted by atomic mass is 10.3. The van der Waals surface area contributed by atoms with Gasteiger partial charge in [0.25, 0.3) is 0 Å². The normalized spacial score (nSPS) is 17.9. The Labute approximate surface area is 118 Å². The zero-order chi connectivity index (χ0) is 13.0. The highest BCUT2D eigenvalue weighted by Crippen LogP contribution is 2.16. The summed E-state index contributed by atoms with van der Waals surface area (Å²) >= 11 is 3.46. The van der Waals surface area contributed by atoms with E-state index < -0.39 is 0 Å². The van der Waals surface area contributed by atoms with Gasteiger partial charge in [-0.1, -0.05) is 0 Å². The number of pyridine rings is 1. The second kappa shape index (κ2) is 6.50. The molecular formula is C13H21BrN4. The van der Waals surface area contributed by atoms with Gasteiger partial charge in [-0.15, -0.1) is 0 Å². The van der Waals surface area contributed by atoms with E-state index in [2.05, 4.69) is 56.1 Å². The summed E-state index contributed by atoms with van der Waals surface area (Å²) in [4.78, 5) is 9.23. The van der Waals surface area contributed by atoms with E-state index in [4.69, 9.17) is 0 Å². The molecule has 5 heteroatoms. The average molecular weight is 313 g/mol. The smallest absolute Gasteiger partial charge is 0.126 e. The molecule has 0 spiro atoms. The molecule has 100 valence electrons. The van der Waals surface area contributed by atoms with Crippen LogP contribution in [-0.2, 0) is 0 Å². The minimum Gasteiger partial charge on any atom is -0.369 e. The van der Waals surface area contributed by atoms with Gasteiger partial charge in [0.2, 0.25) is 0 Å². The van der Waals surface area contributed by atoms with Gasteiger partial charge in [0.15, 0.2) is 0 Å². The lowest BCUT2D eigenvalue weighted by Gasteiger charge is -2.32. The van der Waals surface area contributed by atoms with Crippen LogP contribution in [0.5, 0.6) is 0 Å². The first kappa shape index (κ1) is 13.8. The number of aromatic nitrogens is 1. The highest BCUT2D eigenvalue weighted by atomic mass is 79.9. The number of aryl methyl sites for hydroxylation is 1. The van der Waals surface area contributed by atoms with E-state index in [1.165, 1.54) is 31.7 Å². The Morgan fingerprint density at radius 3 is 2.72 bits per heavy atom. The zero-order valence-electron chi connectivity index (χ0n) is 11.1. The van der Waals surface area contributed by atoms with Crippen molar-refractivity contribution >= 4 is 21.7 Å². The molecule has 1 aromatic heterocycles. The summed E-state index contributed by atoms with van der Waals surface area (Å²) in [7, 11) is 2.18. The van der Waals surface area contributed by atoms with Crippen LogP contribution in [0.15, 0.2) is 16.7 Å². The van der Waals surface area contributed by atoms with E-state index in [0.717, 1.165) is 23.4 Å². The molecule has 0 unspecified atom stereocenters. The minimum absolute atomic E-state index is 0.956. The Balaban J connectivity index is 1.73. The van der Waals surface area contributed by atoms with Crippen molar-refractivity contribution in [3.05, 3.63) is 22.3 Å². The summed E-state index contributed by atoms with van der Waals surface area (Å²) in [6, 6.07) is 2.08. The predicted octanol–water partition coefficient (Wildman–Crippen LogP) is 1.81. The van der Waals surface area contributed by atoms with Crippen LogP contribution in [0.3, 0.4) is 0 Å². The zero-order valence-corrected chi connectivity index (χ0v) is 12.7. The number of nitrogens with zero attached hydrogens (tertiary/aromatic N) is 3. The van der Waals surface area contributed by atoms with Crippen molar-refractivity contribution in [2.75, 3.05) is 51.6 Å². The van der Waals surface area contributed by atoms with Crippen LogP contribution < -0.4 is 5.32 Å². The first-order valence-corrected chi connectivity index (χ1v) is 7.21. The van der Waals surface area contributed by atoms with Gasteiger partial charge in [0.1, 0.15) is 5.82 Å². The molecule has 1 fully saturated rings. The van der Waals surface area contributed by atoms with Gasteiger partial charge in [-0.05, 0) is 41.5 Å². The first-order valence-electron chi connectivity index (χ1n) is 6.42. The number of nitrogens with one attached hydrogen (secondary N) is 1. The van der Waals surface area contributed by atoms with Gasteiger partial charge in [-0.3, -0.25) is 4.90 Å². The number of halogens is 1. The van der Waals surface area contributed by atoms with E-state index in [1.54, 1.807) is 0 Å². The van der Waals surface area contributed by atoms with Crippen LogP contribution in [0.4, 0.5) is 5.82 Å². The van der Waals surface area contributed by atoms with Gasteiger partial charge < -0.3 is 10.2 Å². The molecular weight excluding hydrogens is 292 g/mol. The van der Waals surface area contributed by atoms with Gasteiger partial charge in [-0.25, -0.2) is 4.98 Å². The molecule has 0 aliphatic carbocycles. The van der Waals surface area contributed by atoms with Crippen molar-refractivity contribution in [3.8, 4) is 0 Å². The molecule has 0 atom stereocenters. The highest BCUT2D eigenvalue weighted by Gasteiger charge is 2.12. The van der Waals surface area contributed by atoms with Crippen LogP contribution in [0.25, 0.3) is 0 Å². The fraction of sp³-hybridized carbons (Fsp3) is 0.615. The SMILES string of the molecule is Cc1cc(NCCN2CCN(C)CC2)ncc1Br. The summed E-state index contributed by atoms with van der Waals surface area (Å²) in [5, 5.41) is 3.38. The Morgan fingerprint density at radius 2 is 2.06 bits per heavy atom. The van der Waals surface area contributed by atoms with Crippen molar-refractivity contribution in [1.82, 2.24) is 14.8 Å². The number of likely N-dealkylation sites (N-methyl/N-ethyl adjacent to an activating group) is 1. The third-order valence-electron chi connectivity index (χ3n) is 3.38. The Morgan fingerprint density at radius 1 is 1.33 bits per heavy atom. The standard InChI is InChI=1S/C13H21BrN4/c1-11-9-13(16-10-12(11)14)15-3-4-18-7-5-17(2)6-8-18/h9-10H,3-8H2,1-2H3,(H,15,16). The van der Waals surface area contributed by atoms with E-state index in [1.807, 2.05) is 6.20 Å². The first-order chi connectivity index (χ1) is 8.65. The Hall–Kier alpha value is -0.650. The number of anilines is 1. The van der Waals surface area contributed by atoms with Crippen LogP contribution >= 0.6 is 15.9 Å². The lowest BCUT2D eigenvalue weighted by Crippen LogP contribution is -2.45. The highest BCUT2D eigenvalue weighted by molar-refractivity contribution is 9.10. The molecule has 2 rings (SSSR count). The summed E-state index contributed by atoms with van der Waals surface area (Å²) in [6.07, 6.45) is 1.85. The molecule has 1 aliphatic rings. The van der Waals surface area contributed by atoms with E-state index >= 15 is 0 Å². The quantitative estimate of drug-likeness (QED) is 0.919. The Bertz CT molecular complexity index is 389. The average Bonchev–Trinajstić information content (AvgIpc) is 2.36. The molecule has 0 radical (unpaired) electrons. The third kappa shape index (κ3) is 3.93. The maximum atomic E-state index is 4.35. The van der Waals surface area contributed by atoms with Gasteiger partial charge in [0.05, 0.1) is 0 Å². The van der Waals surface area contributed by atoms with Crippen molar-refractivity contribution in [2.45, 2.75) is 6.92 Å². The van der Waals surface area contributed by atoms with Gasteiger partial charge >= 0.3 is 0 Å². The van der Waals surface area contributed by atoms with Crippen molar-refractivity contribution < 1.29 is 0 Å². The molecule has 0 aromatic carbocycles. The lowest BCUT2D eigenvalue weighted by molar-refractivity contribution is 0.158. The molecule has 2 heterocycles. The molecule has 0 amide bonds. The summed E-state index contributed by atoms with van der Waals surface area (Å²) in [5.74, 6) is 0.963. The van der Waals surface area contributed by atoms with E-state index in [-0.39, 0.29) is 0 Å². The van der Waals surface area contributed by atoms with Crippen molar-refractivity contribution in [1.29, 1.82) is 0 Å². The third-order valence-corrected chi connectivity index (χ3v) is 4.21. The van der Waals surface area contributed by atoms with Gasteiger partial charge in [0, 0.05) is 49.9 Å². The van der Waals surface area contributed by atoms with Gasteiger partial charge in [-0.2, -0.15) is 0 Å². The van der Waals surface area contributed by atoms with Crippen LogP contribution in [-0.4, -0.2) is 61.1 Å². The second-order valence-electron chi connectivity index (χ2n) is 4.89. The van der Waals surface area contributed by atoms with Crippen LogP contribution in [0.1, 0.15) is 5.56 Å². The molecule has 1 N–H and O–H groups in total. The minimum atomic E-state index is 0.956. The fourth-order valence-electron chi connectivity index (χ4n) is 2.05. The molecule has 1 aromatic rings. The monoisotopic (exact) mass is 312 g/mol. The Kier molecular flexibility index (Phi) is 4.97. The second-order valence-corrected chi connectivity index (χ2v) is 5.74. The van der Waals surface area contributed by atoms with Crippen LogP contribution in [0.2, 0.25) is 0 Å². The summed E-state index contributed by atoms with van der Waals surface area (Å²) < 4.78 is 1.06. The fourth-order valence-corrected chi connectivity index (χ4v) is 2.27. The maximum Gasteiger partial charge on any atom is 0.126 e. The predicted molar refractivity (Wildman–Crippen MR) is 79.1 cm³/mol. The van der Waals surface area contributed by atoms with Crippen molar-refractivity contribution in [3.63, 3.8) is 0 Å². The number of rotatable bonds is 4. The molecule has 4 nitrogen and oxygen atoms in total. The summed E-state index contributed by atoms with van der Waals surface area (Å²) in [5.41, 5.74) is 1.21. The molecule has 1 saturated heterocycles. The summed E-state index contributed by atoms with van der Waals surface area (Å²) in [6.45, 7) is 8.82. The van der Waals surface area contributed by atoms with Crippen molar-refractivity contribution in [2.24, 2.45) is 0 Å². The number of hydrogen-bond donors (Lipinski definition) is 1. The number of piperazine rings is 1. The molecule has 18 heavy (non-hydrogen) atoms. The number of hydrogen-bond acceptors (Lipinski definition) is 4. The maximum absolute atomic E-state index is 4.35. The largest absolute Gasteiger partial charge is 0.369 e. The molecule has 0 saturated carbocycles. The van der Waals surface area contributed by atoms with E-state index in [9.17, 15) is 0 Å². The molecule has 1 aliphatic heterocycles. The topological polar surface area (TPSA) is 31.4 Å². The van der Waals surface area contributed by atoms with E-state index in [0.29, 0.717) is 0 Å². The molecule has 0 bridgehead atoms.